The SMILES string of the molecule is Cc1cc(S(=O)(=O)CCOS(=O)(=O)O)ccc1SOOO. The molecule has 1 rings (SSSR count). The van der Waals surface area contributed by atoms with E-state index in [2.05, 4.69) is 13.6 Å². The summed E-state index contributed by atoms with van der Waals surface area (Å²) in [5.74, 6) is -0.616. The van der Waals surface area contributed by atoms with Crippen LogP contribution in [0.1, 0.15) is 5.56 Å². The molecular weight excluding hydrogens is 348 g/mol. The lowest BCUT2D eigenvalue weighted by molar-refractivity contribution is -0.432. The van der Waals surface area contributed by atoms with Crippen molar-refractivity contribution >= 4 is 32.3 Å². The van der Waals surface area contributed by atoms with Crippen molar-refractivity contribution in [1.82, 2.24) is 0 Å². The number of sulfone groups is 1. The molecule has 1 aromatic carbocycles. The zero-order valence-corrected chi connectivity index (χ0v) is 13.1. The van der Waals surface area contributed by atoms with Crippen LogP contribution in [0.3, 0.4) is 0 Å². The maximum atomic E-state index is 11.9. The summed E-state index contributed by atoms with van der Waals surface area (Å²) in [6.45, 7) is 0.912. The van der Waals surface area contributed by atoms with Crippen molar-refractivity contribution in [2.75, 3.05) is 12.4 Å². The molecule has 0 bridgehead atoms. The van der Waals surface area contributed by atoms with Crippen molar-refractivity contribution in [2.45, 2.75) is 16.7 Å². The number of rotatable bonds is 8. The average Bonchev–Trinajstić information content (AvgIpc) is 2.35. The molecule has 0 saturated carbocycles. The third-order valence-electron chi connectivity index (χ3n) is 2.24. The second kappa shape index (κ2) is 7.51. The fourth-order valence-electron chi connectivity index (χ4n) is 1.33. The quantitative estimate of drug-likeness (QED) is 0.299. The number of hydrogen-bond acceptors (Lipinski definition) is 9. The predicted molar refractivity (Wildman–Crippen MR) is 71.4 cm³/mol. The van der Waals surface area contributed by atoms with Gasteiger partial charge in [-0.05, 0) is 30.7 Å². The molecule has 0 spiro atoms. The van der Waals surface area contributed by atoms with Gasteiger partial charge < -0.3 is 0 Å². The van der Waals surface area contributed by atoms with Gasteiger partial charge in [-0.3, -0.25) is 4.55 Å². The van der Waals surface area contributed by atoms with E-state index in [9.17, 15) is 16.8 Å². The zero-order chi connectivity index (χ0) is 16.1. The minimum Gasteiger partial charge on any atom is -0.264 e. The van der Waals surface area contributed by atoms with Gasteiger partial charge in [0, 0.05) is 4.90 Å². The summed E-state index contributed by atoms with van der Waals surface area (Å²) in [4.78, 5) is 0.463. The van der Waals surface area contributed by atoms with Gasteiger partial charge >= 0.3 is 10.4 Å². The van der Waals surface area contributed by atoms with E-state index in [1.54, 1.807) is 6.92 Å². The molecule has 0 aliphatic carbocycles. The summed E-state index contributed by atoms with van der Waals surface area (Å²) in [5, 5.41) is 11.5. The van der Waals surface area contributed by atoms with Gasteiger partial charge in [-0.1, -0.05) is 5.04 Å². The first-order valence-electron chi connectivity index (χ1n) is 5.26. The number of benzene rings is 1. The largest absolute Gasteiger partial charge is 0.397 e. The lowest BCUT2D eigenvalue weighted by Crippen LogP contribution is -2.15. The Morgan fingerprint density at radius 3 is 2.43 bits per heavy atom. The molecule has 2 N–H and O–H groups in total. The molecule has 0 saturated heterocycles. The topological polar surface area (TPSA) is 136 Å². The minimum absolute atomic E-state index is 0.0480. The molecule has 0 aliphatic rings. The molecule has 0 atom stereocenters. The zero-order valence-electron chi connectivity index (χ0n) is 10.6. The van der Waals surface area contributed by atoms with Gasteiger partial charge in [0.15, 0.2) is 9.84 Å². The summed E-state index contributed by atoms with van der Waals surface area (Å²) in [7, 11) is -8.45. The summed E-state index contributed by atoms with van der Waals surface area (Å²) < 4.78 is 61.1. The molecular formula is C9H12O9S3. The highest BCUT2D eigenvalue weighted by Gasteiger charge is 2.17. The van der Waals surface area contributed by atoms with Gasteiger partial charge in [-0.2, -0.15) is 8.42 Å². The normalized spacial score (nSPS) is 12.5. The Hall–Kier alpha value is -0.730. The highest BCUT2D eigenvalue weighted by atomic mass is 32.3. The molecule has 0 aliphatic heterocycles. The van der Waals surface area contributed by atoms with Crippen LogP contribution in [0.4, 0.5) is 0 Å². The summed E-state index contributed by atoms with van der Waals surface area (Å²) >= 11 is 0.683. The van der Waals surface area contributed by atoms with Crippen LogP contribution in [0.5, 0.6) is 0 Å². The number of aryl methyl sites for hydroxylation is 1. The first-order chi connectivity index (χ1) is 9.65. The van der Waals surface area contributed by atoms with Crippen LogP contribution in [-0.2, 0) is 33.8 Å². The van der Waals surface area contributed by atoms with E-state index in [4.69, 9.17) is 9.81 Å². The van der Waals surface area contributed by atoms with Crippen molar-refractivity contribution in [3.8, 4) is 0 Å². The predicted octanol–water partition coefficient (Wildman–Crippen LogP) is 1.02. The van der Waals surface area contributed by atoms with Crippen LogP contribution in [-0.4, -0.2) is 39.0 Å². The Morgan fingerprint density at radius 2 is 1.90 bits per heavy atom. The van der Waals surface area contributed by atoms with Gasteiger partial charge in [-0.15, -0.1) is 4.33 Å². The molecule has 0 heterocycles. The maximum absolute atomic E-state index is 11.9. The fourth-order valence-corrected chi connectivity index (χ4v) is 3.31. The van der Waals surface area contributed by atoms with Crippen molar-refractivity contribution < 1.29 is 40.2 Å². The maximum Gasteiger partial charge on any atom is 0.397 e. The Morgan fingerprint density at radius 1 is 1.24 bits per heavy atom. The summed E-state index contributed by atoms with van der Waals surface area (Å²) in [5.41, 5.74) is 0.536. The van der Waals surface area contributed by atoms with Crippen molar-refractivity contribution in [3.05, 3.63) is 23.8 Å². The van der Waals surface area contributed by atoms with E-state index in [1.807, 2.05) is 0 Å². The molecule has 0 radical (unpaired) electrons. The molecule has 1 aromatic rings. The molecule has 12 heteroatoms. The third-order valence-corrected chi connectivity index (χ3v) is 5.15. The smallest absolute Gasteiger partial charge is 0.264 e. The summed E-state index contributed by atoms with van der Waals surface area (Å²) in [6, 6.07) is 4.04. The van der Waals surface area contributed by atoms with Gasteiger partial charge in [0.2, 0.25) is 0 Å². The van der Waals surface area contributed by atoms with Crippen LogP contribution in [0.2, 0.25) is 0 Å². The Bertz CT molecular complexity index is 680. The second-order valence-electron chi connectivity index (χ2n) is 3.72. The van der Waals surface area contributed by atoms with Crippen LogP contribution >= 0.6 is 12.0 Å². The van der Waals surface area contributed by atoms with Gasteiger partial charge in [0.25, 0.3) is 0 Å². The molecule has 0 amide bonds. The highest BCUT2D eigenvalue weighted by molar-refractivity contribution is 7.94. The van der Waals surface area contributed by atoms with Crippen LogP contribution in [0, 0.1) is 6.92 Å². The first-order valence-corrected chi connectivity index (χ1v) is 9.01. The van der Waals surface area contributed by atoms with E-state index < -0.39 is 32.6 Å². The summed E-state index contributed by atoms with van der Waals surface area (Å²) in [6.07, 6.45) is 0. The Labute approximate surface area is 125 Å². The minimum atomic E-state index is -4.68. The van der Waals surface area contributed by atoms with E-state index in [0.717, 1.165) is 0 Å². The first kappa shape index (κ1) is 18.3. The van der Waals surface area contributed by atoms with Crippen LogP contribution in [0.25, 0.3) is 0 Å². The fraction of sp³-hybridized carbons (Fsp3) is 0.333. The Balaban J connectivity index is 2.82. The number of hydrogen-bond donors (Lipinski definition) is 2. The molecule has 21 heavy (non-hydrogen) atoms. The van der Waals surface area contributed by atoms with Gasteiger partial charge in [0.1, 0.15) is 0 Å². The lowest BCUT2D eigenvalue weighted by atomic mass is 10.2. The van der Waals surface area contributed by atoms with E-state index >= 15 is 0 Å². The van der Waals surface area contributed by atoms with Crippen molar-refractivity contribution in [1.29, 1.82) is 0 Å². The molecule has 9 nitrogen and oxygen atoms in total. The van der Waals surface area contributed by atoms with E-state index in [1.165, 1.54) is 18.2 Å². The van der Waals surface area contributed by atoms with Gasteiger partial charge in [0.05, 0.1) is 29.3 Å². The van der Waals surface area contributed by atoms with Crippen LogP contribution < -0.4 is 0 Å². The van der Waals surface area contributed by atoms with Crippen molar-refractivity contribution in [2.24, 2.45) is 0 Å². The highest BCUT2D eigenvalue weighted by Crippen LogP contribution is 2.26. The van der Waals surface area contributed by atoms with Gasteiger partial charge in [-0.25, -0.2) is 17.9 Å². The van der Waals surface area contributed by atoms with E-state index in [0.29, 0.717) is 22.5 Å². The third kappa shape index (κ3) is 6.27. The standard InChI is InChI=1S/C9H12O9S3/c1-7-6-8(2-3-9(7)19-18-17-10)20(11,12)5-4-16-21(13,14)15/h2-3,6,10H,4-5H2,1H3,(H,13,14,15). The molecule has 0 unspecified atom stereocenters. The molecule has 0 aromatic heterocycles. The average molecular weight is 360 g/mol. The lowest BCUT2D eigenvalue weighted by Gasteiger charge is -2.07. The van der Waals surface area contributed by atoms with E-state index in [-0.39, 0.29) is 4.90 Å². The Kier molecular flexibility index (Phi) is 6.55. The monoisotopic (exact) mass is 360 g/mol. The molecule has 120 valence electrons. The van der Waals surface area contributed by atoms with Crippen molar-refractivity contribution in [3.63, 3.8) is 0 Å². The second-order valence-corrected chi connectivity index (χ2v) is 7.66. The molecule has 0 fully saturated rings. The van der Waals surface area contributed by atoms with Crippen LogP contribution in [0.15, 0.2) is 28.0 Å².